The number of carbonyl (C=O) groups excluding carboxylic acids is 2. The molecule has 0 unspecified atom stereocenters. The Labute approximate surface area is 480 Å². The molecule has 10 rings (SSSR count). The highest BCUT2D eigenvalue weighted by Gasteiger charge is 2.36. The Morgan fingerprint density at radius 1 is 0.585 bits per heavy atom. The molecule has 6 aromatic heterocycles. The van der Waals surface area contributed by atoms with Gasteiger partial charge < -0.3 is 31.1 Å². The van der Waals surface area contributed by atoms with Crippen LogP contribution in [0.25, 0.3) is 56.0 Å². The first-order valence-electron chi connectivity index (χ1n) is 26.4. The van der Waals surface area contributed by atoms with Gasteiger partial charge in [-0.3, -0.25) is 9.59 Å². The molecule has 2 aliphatic rings. The van der Waals surface area contributed by atoms with Gasteiger partial charge in [0, 0.05) is 61.5 Å². The Morgan fingerprint density at radius 3 is 1.29 bits per heavy atom. The highest BCUT2D eigenvalue weighted by atomic mass is 35.5. The molecule has 24 heteroatoms. The number of piperazine rings is 2. The summed E-state index contributed by atoms with van der Waals surface area (Å²) < 4.78 is 32.4. The maximum absolute atomic E-state index is 14.9. The average molecular weight is 1150 g/mol. The van der Waals surface area contributed by atoms with E-state index in [0.29, 0.717) is 60.0 Å². The van der Waals surface area contributed by atoms with E-state index in [2.05, 4.69) is 43.1 Å². The van der Waals surface area contributed by atoms with Crippen LogP contribution in [0, 0.1) is 11.6 Å². The minimum Gasteiger partial charge on any atom is -0.382 e. The molecule has 0 bridgehead atoms. The number of carbonyl (C=O) groups is 2. The smallest absolute Gasteiger partial charge is 0.356 e. The minimum absolute atomic E-state index is 0.0735. The Bertz CT molecular complexity index is 3740. The first-order chi connectivity index (χ1) is 39.1. The molecule has 4 N–H and O–H groups in total. The molecule has 2 fully saturated rings. The average Bonchev–Trinajstić information content (AvgIpc) is 2.48. The zero-order chi connectivity index (χ0) is 59.2. The zero-order valence-electron chi connectivity index (χ0n) is 46.4. The number of nitrogen functional groups attached to an aromatic ring is 2. The number of benzene rings is 2. The van der Waals surface area contributed by atoms with Gasteiger partial charge in [-0.2, -0.15) is 9.97 Å². The fourth-order valence-corrected chi connectivity index (χ4v) is 11.1. The summed E-state index contributed by atoms with van der Waals surface area (Å²) in [5.74, 6) is -0.758. The van der Waals surface area contributed by atoms with Crippen LogP contribution in [-0.2, 0) is 9.59 Å². The highest BCUT2D eigenvalue weighted by Crippen LogP contribution is 2.39. The summed E-state index contributed by atoms with van der Waals surface area (Å²) in [4.78, 5) is 95.7. The van der Waals surface area contributed by atoms with Gasteiger partial charge in [-0.05, 0) is 88.1 Å². The van der Waals surface area contributed by atoms with Crippen LogP contribution in [0.15, 0.2) is 108 Å². The molecule has 20 nitrogen and oxygen atoms in total. The van der Waals surface area contributed by atoms with Crippen LogP contribution in [-0.4, -0.2) is 121 Å². The van der Waals surface area contributed by atoms with E-state index in [1.54, 1.807) is 58.3 Å². The molecule has 2 aromatic carbocycles. The van der Waals surface area contributed by atoms with E-state index in [-0.39, 0.29) is 115 Å². The van der Waals surface area contributed by atoms with Gasteiger partial charge in [0.1, 0.15) is 47.3 Å². The summed E-state index contributed by atoms with van der Waals surface area (Å²) in [5, 5.41) is 1.27. The maximum atomic E-state index is 14.9. The quantitative estimate of drug-likeness (QED) is 0.122. The van der Waals surface area contributed by atoms with Crippen molar-refractivity contribution >= 4 is 80.4 Å². The Kier molecular flexibility index (Phi) is 16.5. The van der Waals surface area contributed by atoms with Crippen LogP contribution in [0.2, 0.25) is 10.0 Å². The van der Waals surface area contributed by atoms with Gasteiger partial charge in [0.15, 0.2) is 22.9 Å². The number of rotatable bonds is 10. The van der Waals surface area contributed by atoms with Gasteiger partial charge in [0.2, 0.25) is 11.8 Å². The normalized spacial score (nSPS) is 17.3. The van der Waals surface area contributed by atoms with Gasteiger partial charge in [-0.25, -0.2) is 57.4 Å². The monoisotopic (exact) mass is 1150 g/mol. The molecule has 82 heavy (non-hydrogen) atoms. The van der Waals surface area contributed by atoms with Gasteiger partial charge in [0.05, 0.1) is 43.6 Å². The van der Waals surface area contributed by atoms with E-state index in [1.165, 1.54) is 46.1 Å². The number of hydrogen-bond acceptors (Lipinski definition) is 16. The van der Waals surface area contributed by atoms with E-state index in [4.69, 9.17) is 44.6 Å². The van der Waals surface area contributed by atoms with Crippen LogP contribution in [0.4, 0.5) is 32.1 Å². The highest BCUT2D eigenvalue weighted by molar-refractivity contribution is 6.34. The lowest BCUT2D eigenvalue weighted by molar-refractivity contribution is -0.129. The second-order valence-corrected chi connectivity index (χ2v) is 21.6. The van der Waals surface area contributed by atoms with Crippen LogP contribution < -0.4 is 32.6 Å². The molecule has 2 amide bonds. The molecule has 0 spiro atoms. The van der Waals surface area contributed by atoms with Gasteiger partial charge in [-0.1, -0.05) is 88.3 Å². The lowest BCUT2D eigenvalue weighted by atomic mass is 10.1. The van der Waals surface area contributed by atoms with Gasteiger partial charge >= 0.3 is 11.4 Å². The molecular weight excluding hydrogens is 1090 g/mol. The molecule has 8 heterocycles. The molecule has 8 aromatic rings. The number of anilines is 4. The molecule has 424 valence electrons. The molecule has 2 saturated heterocycles. The lowest BCUT2D eigenvalue weighted by Crippen LogP contribution is -2.58. The van der Waals surface area contributed by atoms with Crippen LogP contribution in [0.3, 0.4) is 0 Å². The summed E-state index contributed by atoms with van der Waals surface area (Å²) in [6.07, 6.45) is 5.26. The van der Waals surface area contributed by atoms with E-state index in [9.17, 15) is 28.0 Å². The second kappa shape index (κ2) is 23.4. The SMILES string of the molecule is C=CC(=O)N1C[C@H](C)N(c2nc(=O)n(-c3c(N)ncnc3C(C)C)c3nc(-c4ccccc4F)c(Cl)cc23)C[C@H]1C.C=CC(=O)N1C[C@H](C)N(c2nc(=O)n(-c3c(N)ncnc3C(C)C)c3nc(-c4ccccc4F)c(Cl)cc23)C[C@H]1C. The van der Waals surface area contributed by atoms with Crippen molar-refractivity contribution in [3.63, 3.8) is 0 Å². The van der Waals surface area contributed by atoms with Crippen molar-refractivity contribution in [2.45, 2.75) is 91.4 Å². The largest absolute Gasteiger partial charge is 0.382 e. The molecule has 2 aliphatic heterocycles. The molecule has 4 atom stereocenters. The predicted molar refractivity (Wildman–Crippen MR) is 316 cm³/mol. The van der Waals surface area contributed by atoms with Crippen LogP contribution >= 0.6 is 23.2 Å². The van der Waals surface area contributed by atoms with Crippen molar-refractivity contribution in [3.8, 4) is 33.9 Å². The van der Waals surface area contributed by atoms with Crippen molar-refractivity contribution in [2.75, 3.05) is 47.4 Å². The first-order valence-corrected chi connectivity index (χ1v) is 27.2. The van der Waals surface area contributed by atoms with Crippen molar-refractivity contribution in [2.24, 2.45) is 0 Å². The third-order valence-corrected chi connectivity index (χ3v) is 15.2. The number of pyridine rings is 2. The third kappa shape index (κ3) is 10.7. The third-order valence-electron chi connectivity index (χ3n) is 14.6. The van der Waals surface area contributed by atoms with E-state index >= 15 is 0 Å². The Balaban J connectivity index is 0.000000198. The number of amides is 2. The van der Waals surface area contributed by atoms with E-state index in [0.717, 1.165) is 0 Å². The number of nitrogens with two attached hydrogens (primary N) is 2. The fourth-order valence-electron chi connectivity index (χ4n) is 10.5. The number of halogens is 4. The Hall–Kier alpha value is -8.76. The topological polar surface area (TPSA) is 246 Å². The zero-order valence-corrected chi connectivity index (χ0v) is 47.9. The molecule has 0 aliphatic carbocycles. The fraction of sp³-hybridized carbons (Fsp3) is 0.310. The van der Waals surface area contributed by atoms with Crippen LogP contribution in [0.5, 0.6) is 0 Å². The maximum Gasteiger partial charge on any atom is 0.356 e. The van der Waals surface area contributed by atoms with Gasteiger partial charge in [-0.15, -0.1) is 0 Å². The van der Waals surface area contributed by atoms with Crippen molar-refractivity contribution in [1.82, 2.24) is 58.8 Å². The number of aromatic nitrogens is 10. The number of hydrogen-bond donors (Lipinski definition) is 2. The predicted octanol–water partition coefficient (Wildman–Crippen LogP) is 8.69. The van der Waals surface area contributed by atoms with E-state index in [1.807, 2.05) is 65.2 Å². The summed E-state index contributed by atoms with van der Waals surface area (Å²) in [5.41, 5.74) is 13.9. The molecule has 0 radical (unpaired) electrons. The van der Waals surface area contributed by atoms with Crippen molar-refractivity contribution < 1.29 is 18.4 Å². The van der Waals surface area contributed by atoms with Crippen LogP contribution in [0.1, 0.15) is 78.6 Å². The van der Waals surface area contributed by atoms with Crippen molar-refractivity contribution in [1.29, 1.82) is 0 Å². The Morgan fingerprint density at radius 2 is 0.951 bits per heavy atom. The summed E-state index contributed by atoms with van der Waals surface area (Å²) in [7, 11) is 0. The summed E-state index contributed by atoms with van der Waals surface area (Å²) in [6.45, 7) is 24.2. The molecule has 0 saturated carbocycles. The lowest BCUT2D eigenvalue weighted by Gasteiger charge is -2.44. The van der Waals surface area contributed by atoms with Crippen molar-refractivity contribution in [3.05, 3.63) is 153 Å². The summed E-state index contributed by atoms with van der Waals surface area (Å²) >= 11 is 13.5. The van der Waals surface area contributed by atoms with Gasteiger partial charge in [0.25, 0.3) is 0 Å². The van der Waals surface area contributed by atoms with E-state index < -0.39 is 23.0 Å². The minimum atomic E-state index is -0.658. The number of fused-ring (bicyclic) bond motifs is 2. The summed E-state index contributed by atoms with van der Waals surface area (Å²) in [6, 6.07) is 14.7. The standard InChI is InChI=1S/2C29H30ClFN8O2/c2*1-6-22(40)37-12-17(5)38(13-16(37)4)27-19-11-20(30)24(18-9-7-8-10-21(18)31)35-28(19)39(29(41)36-27)25-23(15(2)3)33-14-34-26(25)32/h2*6-11,14-17H,1,12-13H2,2-5H3,(H2,32,33,34)/t2*16-,17+/m11/s1. The molecular formula is C58H60Cl2F2N16O4. The first kappa shape index (κ1) is 57.9. The second-order valence-electron chi connectivity index (χ2n) is 20.8. The number of nitrogens with zero attached hydrogens (tertiary/aromatic N) is 14.